The maximum Gasteiger partial charge on any atom is 0.298 e. The van der Waals surface area contributed by atoms with Gasteiger partial charge in [0.25, 0.3) is 6.47 Å². The van der Waals surface area contributed by atoms with Crippen molar-refractivity contribution in [1.82, 2.24) is 0 Å². The summed E-state index contributed by atoms with van der Waals surface area (Å²) in [6.07, 6.45) is 0. The van der Waals surface area contributed by atoms with E-state index in [9.17, 15) is 4.79 Å². The number of hydrogen-bond acceptors (Lipinski definition) is 4. The van der Waals surface area contributed by atoms with Crippen molar-refractivity contribution in [3.8, 4) is 5.75 Å². The van der Waals surface area contributed by atoms with Crippen LogP contribution in [0.1, 0.15) is 11.5 Å². The van der Waals surface area contributed by atoms with Crippen LogP contribution in [0.4, 0.5) is 5.69 Å². The minimum atomic E-state index is 0.317. The first kappa shape index (κ1) is 7.65. The Hall–Kier alpha value is -1.45. The Labute approximate surface area is 63.9 Å². The van der Waals surface area contributed by atoms with Crippen LogP contribution in [0.15, 0.2) is 4.42 Å². The van der Waals surface area contributed by atoms with E-state index < -0.39 is 0 Å². The van der Waals surface area contributed by atoms with Crippen molar-refractivity contribution >= 4 is 12.2 Å². The zero-order chi connectivity index (χ0) is 8.43. The summed E-state index contributed by atoms with van der Waals surface area (Å²) in [5.41, 5.74) is 5.90. The van der Waals surface area contributed by atoms with Gasteiger partial charge in [0, 0.05) is 0 Å². The molecule has 0 fully saturated rings. The van der Waals surface area contributed by atoms with Crippen LogP contribution in [-0.4, -0.2) is 6.47 Å². The molecule has 0 aliphatic carbocycles. The van der Waals surface area contributed by atoms with Crippen LogP contribution < -0.4 is 10.5 Å². The number of hydrogen-bond donors (Lipinski definition) is 1. The summed E-state index contributed by atoms with van der Waals surface area (Å²) >= 11 is 0. The van der Waals surface area contributed by atoms with Gasteiger partial charge >= 0.3 is 0 Å². The second-order valence-corrected chi connectivity index (χ2v) is 2.17. The van der Waals surface area contributed by atoms with Gasteiger partial charge in [-0.15, -0.1) is 0 Å². The van der Waals surface area contributed by atoms with Gasteiger partial charge in [0.15, 0.2) is 5.75 Å². The highest BCUT2D eigenvalue weighted by Gasteiger charge is 2.12. The first-order chi connectivity index (χ1) is 5.16. The van der Waals surface area contributed by atoms with Gasteiger partial charge in [-0.1, -0.05) is 0 Å². The average Bonchev–Trinajstić information content (AvgIpc) is 2.17. The molecule has 0 aliphatic rings. The van der Waals surface area contributed by atoms with Gasteiger partial charge in [0.2, 0.25) is 0 Å². The van der Waals surface area contributed by atoms with E-state index in [2.05, 4.69) is 4.74 Å². The van der Waals surface area contributed by atoms with Crippen molar-refractivity contribution in [1.29, 1.82) is 0 Å². The lowest BCUT2D eigenvalue weighted by Crippen LogP contribution is -1.93. The van der Waals surface area contributed by atoms with Gasteiger partial charge in [0.1, 0.15) is 17.2 Å². The molecule has 1 rings (SSSR count). The number of nitrogens with two attached hydrogens (primary N) is 1. The lowest BCUT2D eigenvalue weighted by atomic mass is 10.3. The van der Waals surface area contributed by atoms with Crippen molar-refractivity contribution in [3.63, 3.8) is 0 Å². The summed E-state index contributed by atoms with van der Waals surface area (Å²) < 4.78 is 9.68. The van der Waals surface area contributed by atoms with E-state index >= 15 is 0 Å². The van der Waals surface area contributed by atoms with Crippen molar-refractivity contribution in [2.75, 3.05) is 5.73 Å². The first-order valence-electron chi connectivity index (χ1n) is 3.12. The van der Waals surface area contributed by atoms with E-state index in [0.717, 1.165) is 0 Å². The lowest BCUT2D eigenvalue weighted by Gasteiger charge is -1.93. The molecule has 4 heteroatoms. The first-order valence-corrected chi connectivity index (χ1v) is 3.12. The van der Waals surface area contributed by atoms with Crippen molar-refractivity contribution < 1.29 is 13.9 Å². The van der Waals surface area contributed by atoms with Crippen molar-refractivity contribution in [2.24, 2.45) is 0 Å². The predicted molar refractivity (Wildman–Crippen MR) is 39.3 cm³/mol. The number of nitrogen functional groups attached to an aromatic ring is 1. The molecule has 0 saturated heterocycles. The molecule has 0 spiro atoms. The largest absolute Gasteiger partial charge is 0.460 e. The van der Waals surface area contributed by atoms with Gasteiger partial charge < -0.3 is 14.9 Å². The van der Waals surface area contributed by atoms with Crippen LogP contribution in [0.2, 0.25) is 0 Å². The molecule has 0 aromatic carbocycles. The molecule has 0 amide bonds. The maximum atomic E-state index is 9.97. The molecule has 0 saturated carbocycles. The van der Waals surface area contributed by atoms with Crippen LogP contribution in [0.3, 0.4) is 0 Å². The number of ether oxygens (including phenoxy) is 1. The van der Waals surface area contributed by atoms with Crippen molar-refractivity contribution in [2.45, 2.75) is 13.8 Å². The highest BCUT2D eigenvalue weighted by molar-refractivity contribution is 5.61. The second kappa shape index (κ2) is 2.65. The van der Waals surface area contributed by atoms with Crippen LogP contribution in [0, 0.1) is 13.8 Å². The van der Waals surface area contributed by atoms with E-state index in [1.807, 2.05) is 0 Å². The summed E-state index contributed by atoms with van der Waals surface area (Å²) in [5, 5.41) is 0. The van der Waals surface area contributed by atoms with Crippen LogP contribution in [0.25, 0.3) is 0 Å². The summed E-state index contributed by atoms with van der Waals surface area (Å²) in [7, 11) is 0. The average molecular weight is 155 g/mol. The Kier molecular flexibility index (Phi) is 1.85. The van der Waals surface area contributed by atoms with Crippen molar-refractivity contribution in [3.05, 3.63) is 11.5 Å². The van der Waals surface area contributed by atoms with E-state index in [4.69, 9.17) is 10.2 Å². The molecule has 0 radical (unpaired) electrons. The highest BCUT2D eigenvalue weighted by atomic mass is 16.5. The molecule has 1 heterocycles. The van der Waals surface area contributed by atoms with Gasteiger partial charge in [-0.3, -0.25) is 4.79 Å². The van der Waals surface area contributed by atoms with E-state index in [-0.39, 0.29) is 0 Å². The van der Waals surface area contributed by atoms with Gasteiger partial charge in [-0.25, -0.2) is 0 Å². The topological polar surface area (TPSA) is 65.5 Å². The number of anilines is 1. The molecular formula is C7H9NO3. The number of aryl methyl sites for hydroxylation is 2. The van der Waals surface area contributed by atoms with Crippen LogP contribution >= 0.6 is 0 Å². The SMILES string of the molecule is Cc1oc(C)c(OC=O)c1N. The molecule has 1 aromatic rings. The number of rotatable bonds is 2. The molecule has 0 unspecified atom stereocenters. The van der Waals surface area contributed by atoms with E-state index in [1.165, 1.54) is 0 Å². The van der Waals surface area contributed by atoms with E-state index in [1.54, 1.807) is 13.8 Å². The summed E-state index contributed by atoms with van der Waals surface area (Å²) in [6.45, 7) is 3.72. The third kappa shape index (κ3) is 1.19. The molecule has 11 heavy (non-hydrogen) atoms. The Bertz CT molecular complexity index is 277. The zero-order valence-electron chi connectivity index (χ0n) is 6.38. The fraction of sp³-hybridized carbons (Fsp3) is 0.286. The van der Waals surface area contributed by atoms with Crippen LogP contribution in [0.5, 0.6) is 5.75 Å². The quantitative estimate of drug-likeness (QED) is 0.647. The third-order valence-electron chi connectivity index (χ3n) is 1.42. The Balaban J connectivity index is 3.11. The Morgan fingerprint density at radius 1 is 1.45 bits per heavy atom. The Morgan fingerprint density at radius 3 is 2.45 bits per heavy atom. The Morgan fingerprint density at radius 2 is 2.09 bits per heavy atom. The number of carbonyl (C=O) groups is 1. The monoisotopic (exact) mass is 155 g/mol. The molecule has 2 N–H and O–H groups in total. The van der Waals surface area contributed by atoms with Gasteiger partial charge in [0.05, 0.1) is 0 Å². The molecule has 0 atom stereocenters. The minimum absolute atomic E-state index is 0.317. The smallest absolute Gasteiger partial charge is 0.298 e. The molecule has 0 bridgehead atoms. The van der Waals surface area contributed by atoms with Gasteiger partial charge in [-0.2, -0.15) is 0 Å². The molecule has 1 aromatic heterocycles. The molecule has 4 nitrogen and oxygen atoms in total. The molecule has 60 valence electrons. The fourth-order valence-electron chi connectivity index (χ4n) is 0.875. The number of carbonyl (C=O) groups excluding carboxylic acids is 1. The second-order valence-electron chi connectivity index (χ2n) is 2.17. The summed E-state index contributed by atoms with van der Waals surface area (Å²) in [4.78, 5) is 9.97. The highest BCUT2D eigenvalue weighted by Crippen LogP contribution is 2.31. The normalized spacial score (nSPS) is 9.64. The predicted octanol–water partition coefficient (Wildman–Crippen LogP) is 1.01. The number of furan rings is 1. The lowest BCUT2D eigenvalue weighted by molar-refractivity contribution is -0.120. The maximum absolute atomic E-state index is 9.97. The van der Waals surface area contributed by atoms with Crippen LogP contribution in [-0.2, 0) is 4.79 Å². The molecular weight excluding hydrogens is 146 g/mol. The molecule has 0 aliphatic heterocycles. The van der Waals surface area contributed by atoms with Gasteiger partial charge in [-0.05, 0) is 13.8 Å². The standard InChI is InChI=1S/C7H9NO3/c1-4-6(8)7(10-3-9)5(2)11-4/h3H,8H2,1-2H3. The summed E-state index contributed by atoms with van der Waals surface area (Å²) in [6, 6.07) is 0. The fourth-order valence-corrected chi connectivity index (χ4v) is 0.875. The zero-order valence-corrected chi connectivity index (χ0v) is 6.38. The summed E-state index contributed by atoms with van der Waals surface area (Å²) in [5.74, 6) is 1.41. The van der Waals surface area contributed by atoms with E-state index in [0.29, 0.717) is 29.4 Å². The third-order valence-corrected chi connectivity index (χ3v) is 1.42. The minimum Gasteiger partial charge on any atom is -0.460 e.